The summed E-state index contributed by atoms with van der Waals surface area (Å²) in [6, 6.07) is 0. The number of anilines is 2. The van der Waals surface area contributed by atoms with E-state index in [0.717, 1.165) is 34.6 Å². The number of nitrogen functional groups attached to an aromatic ring is 1. The molecular weight excluding hydrogens is 405 g/mol. The van der Waals surface area contributed by atoms with Gasteiger partial charge in [0, 0.05) is 31.8 Å². The predicted octanol–water partition coefficient (Wildman–Crippen LogP) is 4.12. The summed E-state index contributed by atoms with van der Waals surface area (Å²) >= 11 is 2.32. The number of hydrogen-bond acceptors (Lipinski definition) is 4. The van der Waals surface area contributed by atoms with Gasteiger partial charge in [0.15, 0.2) is 8.32 Å². The Labute approximate surface area is 149 Å². The van der Waals surface area contributed by atoms with Crippen molar-refractivity contribution in [2.24, 2.45) is 5.92 Å². The van der Waals surface area contributed by atoms with Gasteiger partial charge in [0.1, 0.15) is 0 Å². The molecule has 0 amide bonds. The van der Waals surface area contributed by atoms with Gasteiger partial charge < -0.3 is 15.1 Å². The Morgan fingerprint density at radius 3 is 2.68 bits per heavy atom. The van der Waals surface area contributed by atoms with E-state index in [1.54, 1.807) is 6.20 Å². The van der Waals surface area contributed by atoms with E-state index in [4.69, 9.17) is 10.2 Å². The Kier molecular flexibility index (Phi) is 5.44. The third-order valence-electron chi connectivity index (χ3n) is 4.99. The lowest BCUT2D eigenvalue weighted by atomic mass is 10.1. The van der Waals surface area contributed by atoms with Crippen LogP contribution in [0.3, 0.4) is 0 Å². The van der Waals surface area contributed by atoms with Crippen LogP contribution in [0.5, 0.6) is 0 Å². The van der Waals surface area contributed by atoms with Crippen LogP contribution >= 0.6 is 22.6 Å². The topological polar surface area (TPSA) is 51.4 Å². The molecule has 1 saturated heterocycles. The van der Waals surface area contributed by atoms with E-state index >= 15 is 0 Å². The van der Waals surface area contributed by atoms with Gasteiger partial charge in [0.25, 0.3) is 0 Å². The minimum atomic E-state index is -1.65. The maximum absolute atomic E-state index is 6.39. The average molecular weight is 433 g/mol. The van der Waals surface area contributed by atoms with Crippen molar-refractivity contribution in [3.8, 4) is 0 Å². The van der Waals surface area contributed by atoms with Crippen molar-refractivity contribution in [3.63, 3.8) is 0 Å². The van der Waals surface area contributed by atoms with Crippen LogP contribution in [0.1, 0.15) is 27.2 Å². The molecule has 1 atom stereocenters. The highest BCUT2D eigenvalue weighted by molar-refractivity contribution is 14.1. The van der Waals surface area contributed by atoms with E-state index in [9.17, 15) is 0 Å². The minimum absolute atomic E-state index is 0.274. The molecule has 0 bridgehead atoms. The lowest BCUT2D eigenvalue weighted by Gasteiger charge is -2.37. The van der Waals surface area contributed by atoms with Crippen LogP contribution in [-0.4, -0.2) is 33.0 Å². The van der Waals surface area contributed by atoms with Crippen molar-refractivity contribution < 1.29 is 4.43 Å². The standard InChI is InChI=1S/C16H28IN3OSi/c1-16(2,3)22(4,5)21-11-12-6-7-20(10-12)15-13(17)8-19-9-14(15)18/h8-9,12H,6-7,10-11,18H2,1-5H3/t12-/m1/s1. The molecule has 0 radical (unpaired) electrons. The highest BCUT2D eigenvalue weighted by Gasteiger charge is 2.38. The maximum Gasteiger partial charge on any atom is 0.191 e. The van der Waals surface area contributed by atoms with Crippen molar-refractivity contribution in [3.05, 3.63) is 16.0 Å². The van der Waals surface area contributed by atoms with E-state index < -0.39 is 8.32 Å². The van der Waals surface area contributed by atoms with Gasteiger partial charge in [0.2, 0.25) is 0 Å². The number of halogens is 1. The first-order valence-corrected chi connectivity index (χ1v) is 11.9. The predicted molar refractivity (Wildman–Crippen MR) is 105 cm³/mol. The smallest absolute Gasteiger partial charge is 0.191 e. The summed E-state index contributed by atoms with van der Waals surface area (Å²) in [5, 5.41) is 0.274. The van der Waals surface area contributed by atoms with Gasteiger partial charge in [-0.05, 0) is 47.1 Å². The first-order valence-electron chi connectivity index (χ1n) is 7.90. The Hall–Kier alpha value is -0.343. The normalized spacial score (nSPS) is 19.7. The molecule has 0 spiro atoms. The number of pyridine rings is 1. The summed E-state index contributed by atoms with van der Waals surface area (Å²) in [5.41, 5.74) is 8.03. The largest absolute Gasteiger partial charge is 0.416 e. The zero-order valence-corrected chi connectivity index (χ0v) is 17.5. The Bertz CT molecular complexity index is 510. The molecule has 0 aromatic carbocycles. The van der Waals surface area contributed by atoms with Crippen LogP contribution in [0.15, 0.2) is 12.4 Å². The van der Waals surface area contributed by atoms with Crippen LogP contribution < -0.4 is 10.6 Å². The fourth-order valence-corrected chi connectivity index (χ4v) is 4.39. The summed E-state index contributed by atoms with van der Waals surface area (Å²) < 4.78 is 7.52. The fraction of sp³-hybridized carbons (Fsp3) is 0.688. The summed E-state index contributed by atoms with van der Waals surface area (Å²) in [7, 11) is -1.65. The molecule has 2 rings (SSSR count). The maximum atomic E-state index is 6.39. The summed E-state index contributed by atoms with van der Waals surface area (Å²) in [5.74, 6) is 0.595. The van der Waals surface area contributed by atoms with E-state index in [-0.39, 0.29) is 5.04 Å². The molecule has 22 heavy (non-hydrogen) atoms. The second kappa shape index (κ2) is 6.65. The second-order valence-electron chi connectivity index (χ2n) is 7.73. The van der Waals surface area contributed by atoms with E-state index in [0.29, 0.717) is 5.92 Å². The molecule has 0 unspecified atom stereocenters. The van der Waals surface area contributed by atoms with Crippen molar-refractivity contribution in [1.82, 2.24) is 4.98 Å². The van der Waals surface area contributed by atoms with Gasteiger partial charge in [0.05, 0.1) is 21.1 Å². The molecule has 4 nitrogen and oxygen atoms in total. The summed E-state index contributed by atoms with van der Waals surface area (Å²) in [6.45, 7) is 14.5. The first-order chi connectivity index (χ1) is 10.1. The molecule has 1 aromatic rings. The monoisotopic (exact) mass is 433 g/mol. The zero-order chi connectivity index (χ0) is 16.5. The van der Waals surface area contributed by atoms with Crippen molar-refractivity contribution in [1.29, 1.82) is 0 Å². The van der Waals surface area contributed by atoms with Crippen LogP contribution in [-0.2, 0) is 4.43 Å². The lowest BCUT2D eigenvalue weighted by molar-refractivity contribution is 0.238. The molecule has 2 heterocycles. The Morgan fingerprint density at radius 2 is 2.09 bits per heavy atom. The number of rotatable bonds is 4. The van der Waals surface area contributed by atoms with Gasteiger partial charge in [-0.3, -0.25) is 4.98 Å². The van der Waals surface area contributed by atoms with E-state index in [1.807, 2.05) is 6.20 Å². The van der Waals surface area contributed by atoms with Crippen LogP contribution in [0.4, 0.5) is 11.4 Å². The molecule has 1 fully saturated rings. The SMILES string of the molecule is CC(C)(C)[Si](C)(C)OC[C@@H]1CCN(c2c(N)cncc2I)C1. The average Bonchev–Trinajstić information content (AvgIpc) is 2.83. The fourth-order valence-electron chi connectivity index (χ4n) is 2.49. The van der Waals surface area contributed by atoms with Gasteiger partial charge in [-0.25, -0.2) is 0 Å². The molecule has 0 aliphatic carbocycles. The molecular formula is C16H28IN3OSi. The van der Waals surface area contributed by atoms with Crippen LogP contribution in [0.25, 0.3) is 0 Å². The van der Waals surface area contributed by atoms with Gasteiger partial charge in [-0.15, -0.1) is 0 Å². The van der Waals surface area contributed by atoms with Crippen LogP contribution in [0.2, 0.25) is 18.1 Å². The number of hydrogen-bond donors (Lipinski definition) is 1. The minimum Gasteiger partial charge on any atom is -0.416 e. The van der Waals surface area contributed by atoms with Crippen LogP contribution in [0, 0.1) is 9.49 Å². The molecule has 2 N–H and O–H groups in total. The Morgan fingerprint density at radius 1 is 1.41 bits per heavy atom. The quantitative estimate of drug-likeness (QED) is 0.574. The third-order valence-corrected chi connectivity index (χ3v) is 10.3. The van der Waals surface area contributed by atoms with E-state index in [1.165, 1.54) is 6.42 Å². The number of aromatic nitrogens is 1. The Balaban J connectivity index is 1.97. The second-order valence-corrected chi connectivity index (χ2v) is 13.7. The molecule has 6 heteroatoms. The van der Waals surface area contributed by atoms with E-state index in [2.05, 4.69) is 66.3 Å². The summed E-state index contributed by atoms with van der Waals surface area (Å²) in [4.78, 5) is 6.54. The van der Waals surface area contributed by atoms with Crippen molar-refractivity contribution in [2.75, 3.05) is 30.3 Å². The zero-order valence-electron chi connectivity index (χ0n) is 14.3. The molecule has 1 aliphatic rings. The van der Waals surface area contributed by atoms with Gasteiger partial charge >= 0.3 is 0 Å². The highest BCUT2D eigenvalue weighted by atomic mass is 127. The highest BCUT2D eigenvalue weighted by Crippen LogP contribution is 2.38. The summed E-state index contributed by atoms with van der Waals surface area (Å²) in [6.07, 6.45) is 4.80. The molecule has 124 valence electrons. The van der Waals surface area contributed by atoms with Gasteiger partial charge in [-0.2, -0.15) is 0 Å². The lowest BCUT2D eigenvalue weighted by Crippen LogP contribution is -2.42. The van der Waals surface area contributed by atoms with Crippen molar-refractivity contribution in [2.45, 2.75) is 45.3 Å². The number of nitrogens with zero attached hydrogens (tertiary/aromatic N) is 2. The first kappa shape index (κ1) is 18.0. The number of nitrogens with two attached hydrogens (primary N) is 1. The third kappa shape index (κ3) is 3.94. The molecule has 1 aromatic heterocycles. The van der Waals surface area contributed by atoms with Crippen molar-refractivity contribution >= 4 is 42.3 Å². The van der Waals surface area contributed by atoms with Gasteiger partial charge in [-0.1, -0.05) is 20.8 Å². The molecule has 0 saturated carbocycles. The molecule has 1 aliphatic heterocycles.